The molecule has 0 atom stereocenters. The van der Waals surface area contributed by atoms with E-state index in [0.29, 0.717) is 27.7 Å². The van der Waals surface area contributed by atoms with Gasteiger partial charge in [-0.2, -0.15) is 5.26 Å². The molecule has 0 saturated heterocycles. The maximum absolute atomic E-state index is 12.0. The minimum absolute atomic E-state index is 0.292. The van der Waals surface area contributed by atoms with Gasteiger partial charge in [-0.15, -0.1) is 0 Å². The van der Waals surface area contributed by atoms with Gasteiger partial charge in [-0.25, -0.2) is 0 Å². The second kappa shape index (κ2) is 5.04. The van der Waals surface area contributed by atoms with Gasteiger partial charge in [-0.1, -0.05) is 11.6 Å². The van der Waals surface area contributed by atoms with E-state index in [2.05, 4.69) is 5.32 Å². The van der Waals surface area contributed by atoms with Crippen molar-refractivity contribution in [3.63, 3.8) is 0 Å². The highest BCUT2D eigenvalue weighted by atomic mass is 35.5. The Kier molecular flexibility index (Phi) is 3.45. The number of nitrogens with zero attached hydrogens (tertiary/aromatic N) is 2. The number of benzene rings is 1. The van der Waals surface area contributed by atoms with E-state index in [1.165, 1.54) is 6.07 Å². The van der Waals surface area contributed by atoms with Gasteiger partial charge >= 0.3 is 0 Å². The number of carbonyl (C=O) groups is 1. The predicted molar refractivity (Wildman–Crippen MR) is 73.9 cm³/mol. The third kappa shape index (κ3) is 2.69. The highest BCUT2D eigenvalue weighted by Crippen LogP contribution is 2.21. The minimum atomic E-state index is -0.292. The van der Waals surface area contributed by atoms with Crippen LogP contribution in [0.2, 0.25) is 5.02 Å². The first-order valence-corrected chi connectivity index (χ1v) is 5.82. The molecule has 0 aliphatic rings. The Morgan fingerprint density at radius 2 is 2.21 bits per heavy atom. The summed E-state index contributed by atoms with van der Waals surface area (Å²) in [6.07, 6.45) is 1.65. The number of hydrogen-bond acceptors (Lipinski definition) is 3. The van der Waals surface area contributed by atoms with Crippen molar-refractivity contribution in [1.82, 2.24) is 4.57 Å². The largest absolute Gasteiger partial charge is 0.397 e. The van der Waals surface area contributed by atoms with Gasteiger partial charge in [0.1, 0.15) is 11.8 Å². The van der Waals surface area contributed by atoms with Crippen molar-refractivity contribution in [2.24, 2.45) is 7.05 Å². The molecule has 0 aliphatic carbocycles. The average Bonchev–Trinajstić information content (AvgIpc) is 2.69. The Labute approximate surface area is 115 Å². The van der Waals surface area contributed by atoms with Crippen LogP contribution in [0.25, 0.3) is 0 Å². The van der Waals surface area contributed by atoms with E-state index in [1.807, 2.05) is 6.07 Å². The third-order valence-electron chi connectivity index (χ3n) is 2.61. The standard InChI is InChI=1S/C13H11ClN4O/c1-18-7-9(16)4-12(18)13(19)17-10-3-2-8(6-15)11(14)5-10/h2-5,7H,16H2,1H3,(H,17,19). The molecule has 3 N–H and O–H groups in total. The molecule has 0 spiro atoms. The lowest BCUT2D eigenvalue weighted by molar-refractivity contribution is 0.101. The number of aryl methyl sites for hydroxylation is 1. The molecule has 0 unspecified atom stereocenters. The van der Waals surface area contributed by atoms with E-state index in [-0.39, 0.29) is 5.91 Å². The van der Waals surface area contributed by atoms with Crippen molar-refractivity contribution >= 4 is 28.9 Å². The zero-order valence-corrected chi connectivity index (χ0v) is 10.9. The molecule has 96 valence electrons. The molecule has 2 rings (SSSR count). The van der Waals surface area contributed by atoms with E-state index in [4.69, 9.17) is 22.6 Å². The van der Waals surface area contributed by atoms with Crippen molar-refractivity contribution in [1.29, 1.82) is 5.26 Å². The summed E-state index contributed by atoms with van der Waals surface area (Å²) in [6, 6.07) is 8.24. The van der Waals surface area contributed by atoms with Gasteiger partial charge in [0.15, 0.2) is 0 Å². The predicted octanol–water partition coefficient (Wildman–Crippen LogP) is 2.38. The van der Waals surface area contributed by atoms with Crippen LogP contribution in [0.5, 0.6) is 0 Å². The first kappa shape index (κ1) is 13.0. The molecule has 1 heterocycles. The van der Waals surface area contributed by atoms with Crippen LogP contribution in [-0.4, -0.2) is 10.5 Å². The quantitative estimate of drug-likeness (QED) is 0.882. The van der Waals surface area contributed by atoms with Crippen molar-refractivity contribution < 1.29 is 4.79 Å². The smallest absolute Gasteiger partial charge is 0.272 e. The monoisotopic (exact) mass is 274 g/mol. The first-order chi connectivity index (χ1) is 9.01. The highest BCUT2D eigenvalue weighted by molar-refractivity contribution is 6.32. The van der Waals surface area contributed by atoms with Crippen LogP contribution in [0.15, 0.2) is 30.5 Å². The van der Waals surface area contributed by atoms with Gasteiger partial charge in [0, 0.05) is 18.9 Å². The van der Waals surface area contributed by atoms with Crippen LogP contribution < -0.4 is 11.1 Å². The van der Waals surface area contributed by atoms with Crippen molar-refractivity contribution in [3.8, 4) is 6.07 Å². The lowest BCUT2D eigenvalue weighted by Crippen LogP contribution is -2.15. The number of nitrogen functional groups attached to an aromatic ring is 1. The zero-order chi connectivity index (χ0) is 14.0. The lowest BCUT2D eigenvalue weighted by atomic mass is 10.2. The molecule has 0 saturated carbocycles. The van der Waals surface area contributed by atoms with E-state index >= 15 is 0 Å². The Morgan fingerprint density at radius 1 is 1.47 bits per heavy atom. The lowest BCUT2D eigenvalue weighted by Gasteiger charge is -2.06. The van der Waals surface area contributed by atoms with E-state index in [1.54, 1.807) is 36.0 Å². The minimum Gasteiger partial charge on any atom is -0.397 e. The van der Waals surface area contributed by atoms with Gasteiger partial charge < -0.3 is 15.6 Å². The first-order valence-electron chi connectivity index (χ1n) is 5.44. The van der Waals surface area contributed by atoms with Gasteiger partial charge in [-0.3, -0.25) is 4.79 Å². The van der Waals surface area contributed by atoms with Gasteiger partial charge in [-0.05, 0) is 24.3 Å². The molecule has 1 aromatic carbocycles. The summed E-state index contributed by atoms with van der Waals surface area (Å²) >= 11 is 5.90. The Bertz CT molecular complexity index is 684. The van der Waals surface area contributed by atoms with E-state index in [0.717, 1.165) is 0 Å². The zero-order valence-electron chi connectivity index (χ0n) is 10.1. The summed E-state index contributed by atoms with van der Waals surface area (Å²) in [7, 11) is 1.73. The number of aromatic nitrogens is 1. The third-order valence-corrected chi connectivity index (χ3v) is 2.92. The molecule has 0 aliphatic heterocycles. The van der Waals surface area contributed by atoms with E-state index in [9.17, 15) is 4.79 Å². The summed E-state index contributed by atoms with van der Waals surface area (Å²) in [5.74, 6) is -0.292. The molecule has 5 nitrogen and oxygen atoms in total. The second-order valence-corrected chi connectivity index (χ2v) is 4.44. The Balaban J connectivity index is 2.22. The Morgan fingerprint density at radius 3 is 2.74 bits per heavy atom. The molecule has 2 aromatic rings. The van der Waals surface area contributed by atoms with Crippen LogP contribution >= 0.6 is 11.6 Å². The molecular formula is C13H11ClN4O. The van der Waals surface area contributed by atoms with Crippen LogP contribution in [0.4, 0.5) is 11.4 Å². The second-order valence-electron chi connectivity index (χ2n) is 4.03. The van der Waals surface area contributed by atoms with Crippen molar-refractivity contribution in [2.45, 2.75) is 0 Å². The molecule has 0 radical (unpaired) electrons. The fourth-order valence-corrected chi connectivity index (χ4v) is 1.92. The highest BCUT2D eigenvalue weighted by Gasteiger charge is 2.11. The maximum atomic E-state index is 12.0. The van der Waals surface area contributed by atoms with Gasteiger partial charge in [0.05, 0.1) is 16.3 Å². The van der Waals surface area contributed by atoms with Crippen LogP contribution in [-0.2, 0) is 7.05 Å². The normalized spacial score (nSPS) is 9.95. The molecule has 6 heteroatoms. The number of nitrogens with two attached hydrogens (primary N) is 1. The molecular weight excluding hydrogens is 264 g/mol. The molecule has 19 heavy (non-hydrogen) atoms. The summed E-state index contributed by atoms with van der Waals surface area (Å²) in [4.78, 5) is 12.0. The number of amides is 1. The molecule has 0 bridgehead atoms. The van der Waals surface area contributed by atoms with Gasteiger partial charge in [0.2, 0.25) is 0 Å². The molecule has 1 amide bonds. The van der Waals surface area contributed by atoms with Gasteiger partial charge in [0.25, 0.3) is 5.91 Å². The molecule has 1 aromatic heterocycles. The van der Waals surface area contributed by atoms with Crippen LogP contribution in [0.1, 0.15) is 16.1 Å². The van der Waals surface area contributed by atoms with E-state index < -0.39 is 0 Å². The number of nitriles is 1. The summed E-state index contributed by atoms with van der Waals surface area (Å²) in [5.41, 5.74) is 7.46. The van der Waals surface area contributed by atoms with Crippen LogP contribution in [0.3, 0.4) is 0 Å². The fraction of sp³-hybridized carbons (Fsp3) is 0.0769. The molecule has 0 fully saturated rings. The number of carbonyl (C=O) groups excluding carboxylic acids is 1. The SMILES string of the molecule is Cn1cc(N)cc1C(=O)Nc1ccc(C#N)c(Cl)c1. The fourth-order valence-electron chi connectivity index (χ4n) is 1.69. The number of hydrogen-bond donors (Lipinski definition) is 2. The Hall–Kier alpha value is -2.45. The van der Waals surface area contributed by atoms with Crippen molar-refractivity contribution in [3.05, 3.63) is 46.7 Å². The summed E-state index contributed by atoms with van der Waals surface area (Å²) < 4.78 is 1.63. The number of halogens is 1. The van der Waals surface area contributed by atoms with Crippen molar-refractivity contribution in [2.75, 3.05) is 11.1 Å². The summed E-state index contributed by atoms with van der Waals surface area (Å²) in [5, 5.41) is 11.8. The topological polar surface area (TPSA) is 83.8 Å². The summed E-state index contributed by atoms with van der Waals surface area (Å²) in [6.45, 7) is 0. The average molecular weight is 275 g/mol. The maximum Gasteiger partial charge on any atom is 0.272 e. The number of nitrogens with one attached hydrogen (secondary N) is 1. The number of anilines is 2. The number of rotatable bonds is 2. The van der Waals surface area contributed by atoms with Crippen LogP contribution in [0, 0.1) is 11.3 Å².